The molecule has 0 spiro atoms. The lowest BCUT2D eigenvalue weighted by molar-refractivity contribution is 0.305. The van der Waals surface area contributed by atoms with Crippen LogP contribution in [0.2, 0.25) is 0 Å². The van der Waals surface area contributed by atoms with Gasteiger partial charge in [-0.1, -0.05) is 31.2 Å². The van der Waals surface area contributed by atoms with E-state index < -0.39 is 0 Å². The highest BCUT2D eigenvalue weighted by Crippen LogP contribution is 2.35. The largest absolute Gasteiger partial charge is 0.478 e. The number of pyridine rings is 1. The van der Waals surface area contributed by atoms with Gasteiger partial charge in [0.15, 0.2) is 5.82 Å². The molecule has 2 heterocycles. The van der Waals surface area contributed by atoms with Gasteiger partial charge in [0.25, 0.3) is 0 Å². The Morgan fingerprint density at radius 1 is 1.00 bits per heavy atom. The van der Waals surface area contributed by atoms with Gasteiger partial charge in [-0.05, 0) is 56.4 Å². The SMILES string of the molecule is CCCOc1ccc(-c2ccc3nc(N)nc(N(Br)c4ccccc4)c3c2)cn1.CNC. The van der Waals surface area contributed by atoms with Crippen LogP contribution in [0.1, 0.15) is 13.3 Å². The first kappa shape index (κ1) is 23.4. The lowest BCUT2D eigenvalue weighted by Gasteiger charge is -2.18. The van der Waals surface area contributed by atoms with Gasteiger partial charge in [-0.15, -0.1) is 0 Å². The Labute approximate surface area is 197 Å². The van der Waals surface area contributed by atoms with E-state index in [-0.39, 0.29) is 5.95 Å². The number of benzene rings is 2. The fraction of sp³-hybridized carbons (Fsp3) is 0.208. The number of para-hydroxylation sites is 1. The molecule has 0 aliphatic rings. The number of ether oxygens (including phenoxy) is 1. The van der Waals surface area contributed by atoms with Crippen molar-refractivity contribution >= 4 is 44.5 Å². The highest BCUT2D eigenvalue weighted by atomic mass is 79.9. The van der Waals surface area contributed by atoms with E-state index in [1.165, 1.54) is 0 Å². The molecule has 0 saturated carbocycles. The van der Waals surface area contributed by atoms with E-state index >= 15 is 0 Å². The van der Waals surface area contributed by atoms with Crippen molar-refractivity contribution in [1.82, 2.24) is 20.3 Å². The van der Waals surface area contributed by atoms with E-state index in [1.807, 2.05) is 84.9 Å². The molecule has 7 nitrogen and oxygen atoms in total. The average Bonchev–Trinajstić information content (AvgIpc) is 2.83. The molecule has 0 aliphatic carbocycles. The Morgan fingerprint density at radius 3 is 2.38 bits per heavy atom. The predicted molar refractivity (Wildman–Crippen MR) is 135 cm³/mol. The van der Waals surface area contributed by atoms with Crippen LogP contribution in [0.15, 0.2) is 66.9 Å². The minimum absolute atomic E-state index is 0.222. The minimum atomic E-state index is 0.222. The molecule has 2 aromatic heterocycles. The first-order chi connectivity index (χ1) is 15.6. The zero-order valence-electron chi connectivity index (χ0n) is 18.4. The Balaban J connectivity index is 0.000000913. The quantitative estimate of drug-likeness (QED) is 0.349. The number of rotatable bonds is 6. The Hall–Kier alpha value is -3.23. The number of halogens is 1. The molecule has 32 heavy (non-hydrogen) atoms. The molecule has 166 valence electrons. The second kappa shape index (κ2) is 11.4. The summed E-state index contributed by atoms with van der Waals surface area (Å²) in [7, 11) is 3.75. The monoisotopic (exact) mass is 494 g/mol. The molecular weight excluding hydrogens is 468 g/mol. The summed E-state index contributed by atoms with van der Waals surface area (Å²) in [6.45, 7) is 2.73. The normalized spacial score (nSPS) is 10.4. The van der Waals surface area contributed by atoms with Gasteiger partial charge < -0.3 is 15.8 Å². The Kier molecular flexibility index (Phi) is 8.35. The van der Waals surface area contributed by atoms with Crippen molar-refractivity contribution in [2.24, 2.45) is 0 Å². The number of nitrogens with zero attached hydrogens (tertiary/aromatic N) is 4. The number of anilines is 3. The predicted octanol–water partition coefficient (Wildman–Crippen LogP) is 5.35. The van der Waals surface area contributed by atoms with Crippen molar-refractivity contribution in [3.05, 3.63) is 66.9 Å². The van der Waals surface area contributed by atoms with Crippen molar-refractivity contribution in [3.8, 4) is 17.0 Å². The summed E-state index contributed by atoms with van der Waals surface area (Å²) in [6.07, 6.45) is 2.76. The lowest BCUT2D eigenvalue weighted by atomic mass is 10.1. The number of nitrogens with one attached hydrogen (secondary N) is 1. The van der Waals surface area contributed by atoms with Gasteiger partial charge in [0.2, 0.25) is 11.8 Å². The molecule has 2 aromatic carbocycles. The third kappa shape index (κ3) is 5.72. The van der Waals surface area contributed by atoms with Crippen molar-refractivity contribution in [1.29, 1.82) is 0 Å². The van der Waals surface area contributed by atoms with Crippen LogP contribution in [0.4, 0.5) is 17.5 Å². The van der Waals surface area contributed by atoms with Gasteiger partial charge in [-0.2, -0.15) is 4.98 Å². The average molecular weight is 495 g/mol. The van der Waals surface area contributed by atoms with Crippen LogP contribution in [0, 0.1) is 0 Å². The molecule has 0 amide bonds. The highest BCUT2D eigenvalue weighted by molar-refractivity contribution is 9.10. The molecule has 0 bridgehead atoms. The van der Waals surface area contributed by atoms with Crippen LogP contribution < -0.4 is 19.7 Å². The molecule has 3 N–H and O–H groups in total. The van der Waals surface area contributed by atoms with Gasteiger partial charge >= 0.3 is 0 Å². The van der Waals surface area contributed by atoms with E-state index in [4.69, 9.17) is 10.5 Å². The molecule has 0 atom stereocenters. The fourth-order valence-electron chi connectivity index (χ4n) is 2.98. The topological polar surface area (TPSA) is 89.2 Å². The smallest absolute Gasteiger partial charge is 0.222 e. The first-order valence-corrected chi connectivity index (χ1v) is 11.0. The molecule has 0 radical (unpaired) electrons. The van der Waals surface area contributed by atoms with Gasteiger partial charge in [0.05, 0.1) is 34.0 Å². The maximum atomic E-state index is 5.95. The number of nitrogens with two attached hydrogens (primary N) is 1. The van der Waals surface area contributed by atoms with Crippen LogP contribution in [0.5, 0.6) is 5.88 Å². The van der Waals surface area contributed by atoms with Crippen LogP contribution >= 0.6 is 16.1 Å². The van der Waals surface area contributed by atoms with E-state index in [0.717, 1.165) is 34.1 Å². The summed E-state index contributed by atoms with van der Waals surface area (Å²) in [5.74, 6) is 1.53. The number of aromatic nitrogens is 3. The second-order valence-corrected chi connectivity index (χ2v) is 7.70. The third-order valence-electron chi connectivity index (χ3n) is 4.39. The summed E-state index contributed by atoms with van der Waals surface area (Å²) in [5, 5.41) is 3.63. The van der Waals surface area contributed by atoms with E-state index in [9.17, 15) is 0 Å². The van der Waals surface area contributed by atoms with Gasteiger partial charge in [-0.3, -0.25) is 3.93 Å². The summed E-state index contributed by atoms with van der Waals surface area (Å²) in [6, 6.07) is 19.8. The van der Waals surface area contributed by atoms with E-state index in [1.54, 1.807) is 0 Å². The van der Waals surface area contributed by atoms with Crippen molar-refractivity contribution in [2.45, 2.75) is 13.3 Å². The number of nitrogen functional groups attached to an aromatic ring is 1. The Bertz CT molecular complexity index is 1140. The maximum absolute atomic E-state index is 5.95. The zero-order valence-corrected chi connectivity index (χ0v) is 20.0. The summed E-state index contributed by atoms with van der Waals surface area (Å²) < 4.78 is 7.40. The van der Waals surface area contributed by atoms with Gasteiger partial charge in [0.1, 0.15) is 0 Å². The zero-order chi connectivity index (χ0) is 22.9. The summed E-state index contributed by atoms with van der Waals surface area (Å²) in [4.78, 5) is 13.2. The highest BCUT2D eigenvalue weighted by Gasteiger charge is 2.15. The molecule has 4 rings (SSSR count). The number of hydrogen-bond acceptors (Lipinski definition) is 7. The van der Waals surface area contributed by atoms with E-state index in [0.29, 0.717) is 18.3 Å². The Morgan fingerprint density at radius 2 is 1.72 bits per heavy atom. The molecule has 0 aliphatic heterocycles. The molecular formula is C24H27BrN6O. The third-order valence-corrected chi connectivity index (χ3v) is 5.13. The van der Waals surface area contributed by atoms with E-state index in [2.05, 4.69) is 43.3 Å². The van der Waals surface area contributed by atoms with Gasteiger partial charge in [0, 0.05) is 23.2 Å². The minimum Gasteiger partial charge on any atom is -0.478 e. The summed E-state index contributed by atoms with van der Waals surface area (Å²) in [5.41, 5.74) is 9.66. The second-order valence-electron chi connectivity index (χ2n) is 6.99. The number of hydrogen-bond donors (Lipinski definition) is 2. The fourth-order valence-corrected chi connectivity index (χ4v) is 3.49. The maximum Gasteiger partial charge on any atom is 0.222 e. The van der Waals surface area contributed by atoms with Crippen LogP contribution in [0.25, 0.3) is 22.0 Å². The van der Waals surface area contributed by atoms with Crippen LogP contribution in [-0.2, 0) is 0 Å². The van der Waals surface area contributed by atoms with Crippen molar-refractivity contribution in [2.75, 3.05) is 30.4 Å². The molecule has 4 aromatic rings. The molecule has 0 fully saturated rings. The van der Waals surface area contributed by atoms with Crippen LogP contribution in [-0.4, -0.2) is 35.7 Å². The first-order valence-electron chi connectivity index (χ1n) is 10.3. The molecule has 0 saturated heterocycles. The van der Waals surface area contributed by atoms with Gasteiger partial charge in [-0.25, -0.2) is 9.97 Å². The lowest BCUT2D eigenvalue weighted by Crippen LogP contribution is -2.07. The van der Waals surface area contributed by atoms with Crippen LogP contribution in [0.3, 0.4) is 0 Å². The number of fused-ring (bicyclic) bond motifs is 1. The van der Waals surface area contributed by atoms with Crippen molar-refractivity contribution in [3.63, 3.8) is 0 Å². The molecule has 8 heteroatoms. The van der Waals surface area contributed by atoms with Crippen molar-refractivity contribution < 1.29 is 4.74 Å². The standard InChI is InChI=1S/C22H20BrN5O.C2H7N/c1-2-12-29-20-11-9-16(14-25-20)15-8-10-19-18(13-15)21(27-22(24)26-19)28(23)17-6-4-3-5-7-17;1-3-2/h3-11,13-14H,2,12H2,1H3,(H2,24,26,27);3H,1-2H3. The molecule has 0 unspecified atom stereocenters. The summed E-state index contributed by atoms with van der Waals surface area (Å²) >= 11 is 3.62.